The molecule has 3 aromatic carbocycles. The van der Waals surface area contributed by atoms with Crippen molar-refractivity contribution in [1.29, 1.82) is 0 Å². The maximum Gasteiger partial charge on any atom is 0.270 e. The molecule has 0 aliphatic carbocycles. The van der Waals surface area contributed by atoms with E-state index >= 15 is 0 Å². The van der Waals surface area contributed by atoms with Crippen molar-refractivity contribution in [2.75, 3.05) is 4.31 Å². The quantitative estimate of drug-likeness (QED) is 0.197. The maximum atomic E-state index is 13.2. The maximum absolute atomic E-state index is 13.2. The van der Waals surface area contributed by atoms with E-state index in [1.54, 1.807) is 30.3 Å². The van der Waals surface area contributed by atoms with Gasteiger partial charge in [0.05, 0.1) is 32.6 Å². The second-order valence-corrected chi connectivity index (χ2v) is 11.7. The number of carbonyl (C=O) groups excluding carboxylic acids is 1. The second kappa shape index (κ2) is 10.3. The monoisotopic (exact) mass is 598 g/mol. The van der Waals surface area contributed by atoms with Crippen molar-refractivity contribution in [3.05, 3.63) is 105 Å². The van der Waals surface area contributed by atoms with Crippen molar-refractivity contribution in [1.82, 2.24) is 9.55 Å². The zero-order chi connectivity index (χ0) is 25.4. The van der Waals surface area contributed by atoms with E-state index in [0.717, 1.165) is 41.9 Å². The van der Waals surface area contributed by atoms with Crippen LogP contribution in [0.5, 0.6) is 0 Å². The molecule has 182 valence electrons. The number of aromatic nitrogens is 2. The molecular weight excluding hydrogens is 582 g/mol. The summed E-state index contributed by atoms with van der Waals surface area (Å²) in [5.41, 5.74) is 4.66. The molecule has 1 atom stereocenters. The van der Waals surface area contributed by atoms with E-state index in [1.165, 1.54) is 0 Å². The number of imidazole rings is 1. The molecule has 0 saturated heterocycles. The van der Waals surface area contributed by atoms with Gasteiger partial charge < -0.3 is 9.12 Å². The number of thiophene rings is 1. The van der Waals surface area contributed by atoms with Crippen LogP contribution in [0.1, 0.15) is 21.7 Å². The third-order valence-corrected chi connectivity index (χ3v) is 8.50. The average Bonchev–Trinajstić information content (AvgIpc) is 3.42. The molecule has 36 heavy (non-hydrogen) atoms. The van der Waals surface area contributed by atoms with Crippen molar-refractivity contribution in [2.24, 2.45) is 0 Å². The fourth-order valence-corrected chi connectivity index (χ4v) is 6.25. The standard InChI is InChI=1S/C26H19BrClN3O3S2/c1-16-29-22-10-9-19(26(32)31(36(33)34)25-12-11-24(27)35-25)14-23(22)30(16)15-20-8-7-18(13-21(20)28)17-5-3-2-4-6-17/h2-14H,15H2,1H3,(H,33,34)/p-1. The van der Waals surface area contributed by atoms with Crippen LogP contribution in [0.15, 0.2) is 82.6 Å². The summed E-state index contributed by atoms with van der Waals surface area (Å²) in [4.78, 5) is 17.8. The smallest absolute Gasteiger partial charge is 0.270 e. The Morgan fingerprint density at radius 2 is 1.86 bits per heavy atom. The van der Waals surface area contributed by atoms with E-state index in [9.17, 15) is 13.6 Å². The second-order valence-electron chi connectivity index (χ2n) is 8.02. The molecule has 2 heterocycles. The molecule has 0 bridgehead atoms. The first-order valence-corrected chi connectivity index (χ1v) is 13.8. The molecular formula is C26H18BrClN3O3S2-. The molecule has 0 N–H and O–H groups in total. The predicted octanol–water partition coefficient (Wildman–Crippen LogP) is 6.98. The van der Waals surface area contributed by atoms with Crippen molar-refractivity contribution < 1.29 is 13.6 Å². The lowest BCUT2D eigenvalue weighted by molar-refractivity contribution is 0.101. The largest absolute Gasteiger partial charge is 0.755 e. The predicted molar refractivity (Wildman–Crippen MR) is 148 cm³/mol. The molecule has 6 nitrogen and oxygen atoms in total. The first-order valence-electron chi connectivity index (χ1n) is 10.8. The summed E-state index contributed by atoms with van der Waals surface area (Å²) < 4.78 is 27.3. The zero-order valence-corrected chi connectivity index (χ0v) is 22.8. The van der Waals surface area contributed by atoms with Gasteiger partial charge in [-0.25, -0.2) is 9.29 Å². The lowest BCUT2D eigenvalue weighted by atomic mass is 10.0. The van der Waals surface area contributed by atoms with Gasteiger partial charge in [0.2, 0.25) is 0 Å². The van der Waals surface area contributed by atoms with Crippen molar-refractivity contribution in [3.63, 3.8) is 0 Å². The highest BCUT2D eigenvalue weighted by Crippen LogP contribution is 2.32. The number of hydrogen-bond donors (Lipinski definition) is 0. The Hall–Kier alpha value is -2.82. The number of aryl methyl sites for hydroxylation is 1. The first kappa shape index (κ1) is 24.9. The number of anilines is 1. The number of hydrogen-bond acceptors (Lipinski definition) is 5. The Morgan fingerprint density at radius 3 is 2.53 bits per heavy atom. The highest BCUT2D eigenvalue weighted by Gasteiger charge is 2.22. The van der Waals surface area contributed by atoms with E-state index in [1.807, 2.05) is 60.0 Å². The summed E-state index contributed by atoms with van der Waals surface area (Å²) in [7, 11) is 0. The topological polar surface area (TPSA) is 78.3 Å². The van der Waals surface area contributed by atoms with Crippen LogP contribution in [-0.2, 0) is 17.8 Å². The van der Waals surface area contributed by atoms with E-state index in [0.29, 0.717) is 27.6 Å². The van der Waals surface area contributed by atoms with Gasteiger partial charge in [-0.15, -0.1) is 11.3 Å². The molecule has 0 aliphatic heterocycles. The number of amides is 1. The van der Waals surface area contributed by atoms with Gasteiger partial charge in [0.25, 0.3) is 5.91 Å². The minimum Gasteiger partial charge on any atom is -0.755 e. The average molecular weight is 600 g/mol. The molecule has 5 aromatic rings. The van der Waals surface area contributed by atoms with Gasteiger partial charge in [0.1, 0.15) is 10.8 Å². The van der Waals surface area contributed by atoms with E-state index in [4.69, 9.17) is 11.6 Å². The third-order valence-electron chi connectivity index (χ3n) is 5.77. The van der Waals surface area contributed by atoms with Crippen LogP contribution >= 0.6 is 38.9 Å². The van der Waals surface area contributed by atoms with Crippen molar-refractivity contribution in [3.8, 4) is 11.1 Å². The van der Waals surface area contributed by atoms with Crippen LogP contribution < -0.4 is 4.31 Å². The summed E-state index contributed by atoms with van der Waals surface area (Å²) in [5.74, 6) is 0.111. The van der Waals surface area contributed by atoms with Gasteiger partial charge >= 0.3 is 0 Å². The summed E-state index contributed by atoms with van der Waals surface area (Å²) in [5, 5.41) is 0.927. The molecule has 10 heteroatoms. The van der Waals surface area contributed by atoms with E-state index < -0.39 is 17.2 Å². The fraction of sp³-hybridized carbons (Fsp3) is 0.0769. The Kier molecular flexibility index (Phi) is 7.09. The van der Waals surface area contributed by atoms with Gasteiger partial charge in [-0.05, 0) is 75.9 Å². The molecule has 0 radical (unpaired) electrons. The Bertz CT molecular complexity index is 1620. The number of fused-ring (bicyclic) bond motifs is 1. The number of benzene rings is 3. The number of rotatable bonds is 6. The molecule has 2 aromatic heterocycles. The summed E-state index contributed by atoms with van der Waals surface area (Å²) in [6, 6.07) is 24.2. The highest BCUT2D eigenvalue weighted by atomic mass is 79.9. The molecule has 0 aliphatic rings. The highest BCUT2D eigenvalue weighted by molar-refractivity contribution is 9.11. The van der Waals surface area contributed by atoms with Gasteiger partial charge in [-0.3, -0.25) is 9.00 Å². The summed E-state index contributed by atoms with van der Waals surface area (Å²) in [6.45, 7) is 2.33. The third kappa shape index (κ3) is 4.89. The van der Waals surface area contributed by atoms with Crippen molar-refractivity contribution in [2.45, 2.75) is 13.5 Å². The normalized spacial score (nSPS) is 12.1. The number of halogens is 2. The minimum atomic E-state index is -2.77. The van der Waals surface area contributed by atoms with Crippen molar-refractivity contribution >= 4 is 72.1 Å². The molecule has 5 rings (SSSR count). The van der Waals surface area contributed by atoms with Crippen LogP contribution in [0, 0.1) is 6.92 Å². The zero-order valence-electron chi connectivity index (χ0n) is 18.9. The molecule has 0 spiro atoms. The molecule has 0 saturated carbocycles. The van der Waals surface area contributed by atoms with E-state index in [-0.39, 0.29) is 5.56 Å². The molecule has 1 unspecified atom stereocenters. The van der Waals surface area contributed by atoms with Gasteiger partial charge in [0, 0.05) is 10.6 Å². The lowest BCUT2D eigenvalue weighted by Gasteiger charge is -2.22. The van der Waals surface area contributed by atoms with Crippen LogP contribution in [0.2, 0.25) is 5.02 Å². The lowest BCUT2D eigenvalue weighted by Crippen LogP contribution is -2.31. The number of nitrogens with zero attached hydrogens (tertiary/aromatic N) is 3. The Balaban J connectivity index is 1.50. The van der Waals surface area contributed by atoms with Crippen LogP contribution in [0.25, 0.3) is 22.2 Å². The van der Waals surface area contributed by atoms with Crippen LogP contribution in [-0.4, -0.2) is 24.2 Å². The minimum absolute atomic E-state index is 0.239. The molecule has 0 fully saturated rings. The number of carbonyl (C=O) groups is 1. The van der Waals surface area contributed by atoms with Gasteiger partial charge in [-0.1, -0.05) is 54.1 Å². The van der Waals surface area contributed by atoms with Crippen LogP contribution in [0.3, 0.4) is 0 Å². The van der Waals surface area contributed by atoms with Gasteiger partial charge in [-0.2, -0.15) is 0 Å². The Labute approximate surface area is 227 Å². The SMILES string of the molecule is Cc1nc2ccc(C(=O)N(c3ccc(Br)s3)S(=O)[O-])cc2n1Cc1ccc(-c2ccccc2)cc1Cl. The first-order chi connectivity index (χ1) is 17.3. The summed E-state index contributed by atoms with van der Waals surface area (Å²) >= 11 is 8.36. The molecule has 1 amide bonds. The Morgan fingerprint density at radius 1 is 1.08 bits per heavy atom. The van der Waals surface area contributed by atoms with Gasteiger partial charge in [0.15, 0.2) is 0 Å². The summed E-state index contributed by atoms with van der Waals surface area (Å²) in [6.07, 6.45) is 0. The van der Waals surface area contributed by atoms with E-state index in [2.05, 4.69) is 20.9 Å². The van der Waals surface area contributed by atoms with Crippen LogP contribution in [0.4, 0.5) is 5.00 Å². The fourth-order valence-electron chi connectivity index (χ4n) is 4.00.